The molecule has 2 aliphatic rings. The number of benzene rings is 1. The first-order valence-electron chi connectivity index (χ1n) is 9.45. The largest absolute Gasteiger partial charge is 0.452 e. The van der Waals surface area contributed by atoms with Gasteiger partial charge in [0.2, 0.25) is 5.91 Å². The predicted octanol–water partition coefficient (Wildman–Crippen LogP) is 1.70. The van der Waals surface area contributed by atoms with Gasteiger partial charge in [-0.2, -0.15) is 0 Å². The van der Waals surface area contributed by atoms with E-state index < -0.39 is 34.4 Å². The summed E-state index contributed by atoms with van der Waals surface area (Å²) in [5, 5.41) is 2.71. The van der Waals surface area contributed by atoms with E-state index >= 15 is 0 Å². The Balaban J connectivity index is 1.66. The van der Waals surface area contributed by atoms with E-state index in [9.17, 15) is 22.8 Å². The summed E-state index contributed by atoms with van der Waals surface area (Å²) >= 11 is 1.38. The van der Waals surface area contributed by atoms with Crippen LogP contribution < -0.4 is 5.32 Å². The summed E-state index contributed by atoms with van der Waals surface area (Å²) in [4.78, 5) is 39.1. The molecule has 1 fully saturated rings. The van der Waals surface area contributed by atoms with Crippen molar-refractivity contribution in [3.63, 3.8) is 0 Å². The van der Waals surface area contributed by atoms with Crippen molar-refractivity contribution < 1.29 is 27.5 Å². The summed E-state index contributed by atoms with van der Waals surface area (Å²) in [7, 11) is -3.14. The molecule has 0 saturated carbocycles. The highest BCUT2D eigenvalue weighted by atomic mass is 32.2. The van der Waals surface area contributed by atoms with Crippen LogP contribution in [0.25, 0.3) is 0 Å². The van der Waals surface area contributed by atoms with Crippen LogP contribution >= 0.6 is 11.8 Å². The van der Waals surface area contributed by atoms with E-state index in [1.165, 1.54) is 17.8 Å². The molecule has 0 bridgehead atoms. The fraction of sp³-hybridized carbons (Fsp3) is 0.526. The number of carbonyl (C=O) groups is 3. The van der Waals surface area contributed by atoms with Gasteiger partial charge in [0.15, 0.2) is 16.4 Å². The van der Waals surface area contributed by atoms with Crippen molar-refractivity contribution in [3.8, 4) is 0 Å². The van der Waals surface area contributed by atoms with Gasteiger partial charge < -0.3 is 15.0 Å². The van der Waals surface area contributed by atoms with Crippen LogP contribution in [0.1, 0.15) is 37.0 Å². The van der Waals surface area contributed by atoms with Crippen LogP contribution in [0.5, 0.6) is 0 Å². The van der Waals surface area contributed by atoms with Crippen LogP contribution in [0.4, 0.5) is 5.69 Å². The maximum Gasteiger partial charge on any atom is 0.338 e. The maximum absolute atomic E-state index is 12.7. The maximum atomic E-state index is 12.7. The molecule has 8 nitrogen and oxygen atoms in total. The number of amides is 2. The van der Waals surface area contributed by atoms with Crippen molar-refractivity contribution in [2.24, 2.45) is 0 Å². The van der Waals surface area contributed by atoms with Crippen LogP contribution in [-0.2, 0) is 24.2 Å². The first-order valence-corrected chi connectivity index (χ1v) is 12.3. The molecular formula is C19H24N2O6S2. The first-order chi connectivity index (χ1) is 13.7. The molecule has 2 aliphatic heterocycles. The minimum Gasteiger partial charge on any atom is -0.452 e. The highest BCUT2D eigenvalue weighted by Gasteiger charge is 2.36. The summed E-state index contributed by atoms with van der Waals surface area (Å²) in [6.07, 6.45) is 1.06. The smallest absolute Gasteiger partial charge is 0.338 e. The Bertz CT molecular complexity index is 931. The molecule has 2 unspecified atom stereocenters. The van der Waals surface area contributed by atoms with Gasteiger partial charge in [0.05, 0.1) is 28.5 Å². The summed E-state index contributed by atoms with van der Waals surface area (Å²) < 4.78 is 28.8. The zero-order valence-electron chi connectivity index (χ0n) is 16.3. The molecule has 1 saturated heterocycles. The number of anilines is 1. The molecule has 158 valence electrons. The van der Waals surface area contributed by atoms with E-state index in [2.05, 4.69) is 5.32 Å². The molecular weight excluding hydrogens is 416 g/mol. The van der Waals surface area contributed by atoms with Gasteiger partial charge >= 0.3 is 5.97 Å². The van der Waals surface area contributed by atoms with Crippen molar-refractivity contribution in [1.29, 1.82) is 0 Å². The van der Waals surface area contributed by atoms with Gasteiger partial charge in [0, 0.05) is 17.0 Å². The third-order valence-corrected chi connectivity index (χ3v) is 7.95. The van der Waals surface area contributed by atoms with Gasteiger partial charge in [-0.1, -0.05) is 6.92 Å². The Hall–Kier alpha value is -2.07. The number of sulfone groups is 1. The SMILES string of the molecule is CCC(C)N(C(=O)COC(=O)c1ccc2c(c1)NC(=O)CS2)C1CCS(=O)(=O)C1. The Labute approximate surface area is 174 Å². The molecule has 0 aromatic heterocycles. The Kier molecular flexibility index (Phi) is 6.52. The number of hydrogen-bond acceptors (Lipinski definition) is 7. The molecule has 3 rings (SSSR count). The summed E-state index contributed by atoms with van der Waals surface area (Å²) in [5.41, 5.74) is 0.780. The molecule has 0 aliphatic carbocycles. The van der Waals surface area contributed by atoms with E-state index in [4.69, 9.17) is 4.74 Å². The number of ether oxygens (including phenoxy) is 1. The average molecular weight is 441 g/mol. The Morgan fingerprint density at radius 3 is 2.79 bits per heavy atom. The van der Waals surface area contributed by atoms with Crippen LogP contribution in [0.3, 0.4) is 0 Å². The lowest BCUT2D eigenvalue weighted by atomic mass is 10.1. The lowest BCUT2D eigenvalue weighted by molar-refractivity contribution is -0.138. The summed E-state index contributed by atoms with van der Waals surface area (Å²) in [5.74, 6) is -0.881. The van der Waals surface area contributed by atoms with Crippen LogP contribution in [-0.4, -0.2) is 67.1 Å². The molecule has 1 N–H and O–H groups in total. The number of nitrogens with one attached hydrogen (secondary N) is 1. The van der Waals surface area contributed by atoms with E-state index in [1.807, 2.05) is 13.8 Å². The third-order valence-electron chi connectivity index (χ3n) is 5.13. The van der Waals surface area contributed by atoms with E-state index in [-0.39, 0.29) is 29.0 Å². The van der Waals surface area contributed by atoms with Crippen molar-refractivity contribution in [1.82, 2.24) is 4.90 Å². The van der Waals surface area contributed by atoms with Crippen molar-refractivity contribution >= 4 is 45.1 Å². The second-order valence-corrected chi connectivity index (χ2v) is 10.5. The third kappa shape index (κ3) is 5.11. The lowest BCUT2D eigenvalue weighted by Crippen LogP contribution is -2.48. The minimum atomic E-state index is -3.14. The topological polar surface area (TPSA) is 110 Å². The number of nitrogens with zero attached hydrogens (tertiary/aromatic N) is 1. The van der Waals surface area contributed by atoms with E-state index in [1.54, 1.807) is 17.0 Å². The molecule has 2 atom stereocenters. The second-order valence-electron chi connectivity index (χ2n) is 7.24. The molecule has 29 heavy (non-hydrogen) atoms. The van der Waals surface area contributed by atoms with Gasteiger partial charge in [0.1, 0.15) is 0 Å². The van der Waals surface area contributed by atoms with E-state index in [0.29, 0.717) is 24.3 Å². The number of carbonyl (C=O) groups excluding carboxylic acids is 3. The minimum absolute atomic E-state index is 0.0563. The average Bonchev–Trinajstić information content (AvgIpc) is 3.04. The first kappa shape index (κ1) is 21.6. The van der Waals surface area contributed by atoms with E-state index in [0.717, 1.165) is 4.90 Å². The molecule has 1 aromatic carbocycles. The predicted molar refractivity (Wildman–Crippen MR) is 110 cm³/mol. The zero-order valence-corrected chi connectivity index (χ0v) is 18.0. The summed E-state index contributed by atoms with van der Waals surface area (Å²) in [6, 6.07) is 4.30. The van der Waals surface area contributed by atoms with Crippen molar-refractivity contribution in [3.05, 3.63) is 23.8 Å². The van der Waals surface area contributed by atoms with Crippen molar-refractivity contribution in [2.45, 2.75) is 43.7 Å². The standard InChI is InChI=1S/C19H24N2O6S2/c1-3-12(2)21(14-6-7-29(25,26)11-14)18(23)9-27-19(24)13-4-5-16-15(8-13)20-17(22)10-28-16/h4-5,8,12,14H,3,6-7,9-11H2,1-2H3,(H,20,22). The molecule has 2 heterocycles. The number of thioether (sulfide) groups is 1. The van der Waals surface area contributed by atoms with Crippen LogP contribution in [0.2, 0.25) is 0 Å². The molecule has 0 spiro atoms. The highest BCUT2D eigenvalue weighted by molar-refractivity contribution is 8.00. The number of esters is 1. The molecule has 1 aromatic rings. The Morgan fingerprint density at radius 1 is 1.38 bits per heavy atom. The van der Waals surface area contributed by atoms with Gasteiger partial charge in [-0.15, -0.1) is 11.8 Å². The Morgan fingerprint density at radius 2 is 2.14 bits per heavy atom. The fourth-order valence-corrected chi connectivity index (χ4v) is 6.00. The van der Waals surface area contributed by atoms with Gasteiger partial charge in [-0.25, -0.2) is 13.2 Å². The monoisotopic (exact) mass is 440 g/mol. The van der Waals surface area contributed by atoms with Gasteiger partial charge in [0.25, 0.3) is 5.91 Å². The highest BCUT2D eigenvalue weighted by Crippen LogP contribution is 2.32. The van der Waals surface area contributed by atoms with Gasteiger partial charge in [-0.3, -0.25) is 9.59 Å². The lowest BCUT2D eigenvalue weighted by Gasteiger charge is -2.33. The number of fused-ring (bicyclic) bond motifs is 1. The summed E-state index contributed by atoms with van der Waals surface area (Å²) in [6.45, 7) is 3.31. The van der Waals surface area contributed by atoms with Crippen molar-refractivity contribution in [2.75, 3.05) is 29.2 Å². The van der Waals surface area contributed by atoms with Gasteiger partial charge in [-0.05, 0) is 38.0 Å². The fourth-order valence-electron chi connectivity index (χ4n) is 3.50. The molecule has 2 amide bonds. The molecule has 0 radical (unpaired) electrons. The normalized spacial score (nSPS) is 21.0. The quantitative estimate of drug-likeness (QED) is 0.671. The molecule has 10 heteroatoms. The van der Waals surface area contributed by atoms with Crippen LogP contribution in [0, 0.1) is 0 Å². The number of hydrogen-bond donors (Lipinski definition) is 1. The van der Waals surface area contributed by atoms with Crippen LogP contribution in [0.15, 0.2) is 23.1 Å². The number of rotatable bonds is 6. The zero-order chi connectivity index (χ0) is 21.2. The second kappa shape index (κ2) is 8.74.